The highest BCUT2D eigenvalue weighted by Gasteiger charge is 2.31. The Balaban J connectivity index is 2.16. The topological polar surface area (TPSA) is 110 Å². The largest absolute Gasteiger partial charge is 0.388 e. The van der Waals surface area contributed by atoms with E-state index in [1.165, 1.54) is 12.4 Å². The number of fused-ring (bicyclic) bond motifs is 1. The Hall–Kier alpha value is -1.70. The maximum Gasteiger partial charge on any atom is 0.226 e. The summed E-state index contributed by atoms with van der Waals surface area (Å²) in [7, 11) is 0. The lowest BCUT2D eigenvalue weighted by Crippen LogP contribution is -2.27. The van der Waals surface area contributed by atoms with Crippen molar-refractivity contribution in [3.63, 3.8) is 0 Å². The normalized spacial score (nSPS) is 27.2. The first-order valence-corrected chi connectivity index (χ1v) is 5.65. The predicted molar refractivity (Wildman–Crippen MR) is 64.9 cm³/mol. The molecule has 1 aliphatic rings. The van der Waals surface area contributed by atoms with Gasteiger partial charge in [0.15, 0.2) is 11.5 Å². The van der Waals surface area contributed by atoms with Gasteiger partial charge in [-0.25, -0.2) is 4.98 Å². The third kappa shape index (κ3) is 1.56. The first-order chi connectivity index (χ1) is 8.58. The average Bonchev–Trinajstić information content (AvgIpc) is 2.85. The highest BCUT2D eigenvalue weighted by Crippen LogP contribution is 2.28. The molecular weight excluding hydrogens is 258 g/mol. The summed E-state index contributed by atoms with van der Waals surface area (Å²) in [6, 6.07) is -0.449. The van der Waals surface area contributed by atoms with Crippen LogP contribution in [0.15, 0.2) is 18.5 Å². The Bertz CT molecular complexity index is 640. The third-order valence-electron chi connectivity index (χ3n) is 2.95. The second kappa shape index (κ2) is 3.91. The number of imidazole rings is 1. The van der Waals surface area contributed by atoms with Crippen LogP contribution in [0.3, 0.4) is 0 Å². The lowest BCUT2D eigenvalue weighted by Gasteiger charge is -2.18. The van der Waals surface area contributed by atoms with Crippen LogP contribution < -0.4 is 5.73 Å². The van der Waals surface area contributed by atoms with Crippen LogP contribution in [-0.2, 0) is 0 Å². The molecule has 4 N–H and O–H groups in total. The SMILES string of the molecule is Nc1nc(Cl)nc2c1ncn2[C@@H]1C=C[C@@H](O)[C@H]1O. The van der Waals surface area contributed by atoms with Crippen LogP contribution >= 0.6 is 11.6 Å². The van der Waals surface area contributed by atoms with Gasteiger partial charge in [-0.05, 0) is 11.6 Å². The van der Waals surface area contributed by atoms with E-state index >= 15 is 0 Å². The van der Waals surface area contributed by atoms with Crippen LogP contribution in [0.2, 0.25) is 5.28 Å². The van der Waals surface area contributed by atoms with Gasteiger partial charge < -0.3 is 20.5 Å². The van der Waals surface area contributed by atoms with Gasteiger partial charge in [0.05, 0.1) is 12.4 Å². The molecule has 0 aromatic carbocycles. The minimum absolute atomic E-state index is 0.0127. The van der Waals surface area contributed by atoms with Crippen LogP contribution in [0.25, 0.3) is 11.2 Å². The van der Waals surface area contributed by atoms with Gasteiger partial charge >= 0.3 is 0 Å². The van der Waals surface area contributed by atoms with Crippen molar-refractivity contribution in [3.8, 4) is 0 Å². The van der Waals surface area contributed by atoms with E-state index in [0.717, 1.165) is 0 Å². The Morgan fingerprint density at radius 3 is 2.72 bits per heavy atom. The van der Waals surface area contributed by atoms with Gasteiger partial charge in [-0.3, -0.25) is 0 Å². The minimum Gasteiger partial charge on any atom is -0.388 e. The first kappa shape index (κ1) is 11.4. The quantitative estimate of drug-likeness (QED) is 0.491. The Labute approximate surface area is 107 Å². The molecule has 0 amide bonds. The molecule has 0 radical (unpaired) electrons. The molecule has 0 unspecified atom stereocenters. The van der Waals surface area contributed by atoms with Crippen molar-refractivity contribution >= 4 is 28.6 Å². The van der Waals surface area contributed by atoms with E-state index in [2.05, 4.69) is 15.0 Å². The summed E-state index contributed by atoms with van der Waals surface area (Å²) >= 11 is 5.75. The molecule has 0 aliphatic heterocycles. The molecule has 1 aliphatic carbocycles. The molecule has 0 fully saturated rings. The smallest absolute Gasteiger partial charge is 0.226 e. The lowest BCUT2D eigenvalue weighted by atomic mass is 10.2. The zero-order valence-electron chi connectivity index (χ0n) is 9.10. The zero-order valence-corrected chi connectivity index (χ0v) is 9.86. The molecule has 0 spiro atoms. The fraction of sp³-hybridized carbons (Fsp3) is 0.300. The number of hydrogen-bond acceptors (Lipinski definition) is 6. The van der Waals surface area contributed by atoms with E-state index in [1.807, 2.05) is 0 Å². The molecule has 0 saturated carbocycles. The van der Waals surface area contributed by atoms with Crippen molar-refractivity contribution in [1.82, 2.24) is 19.5 Å². The number of nitrogens with two attached hydrogens (primary N) is 1. The van der Waals surface area contributed by atoms with Crippen LogP contribution in [-0.4, -0.2) is 41.9 Å². The number of halogens is 1. The second-order valence-corrected chi connectivity index (χ2v) is 4.40. The van der Waals surface area contributed by atoms with Crippen molar-refractivity contribution in [1.29, 1.82) is 0 Å². The number of rotatable bonds is 1. The lowest BCUT2D eigenvalue weighted by molar-refractivity contribution is 0.0375. The highest BCUT2D eigenvalue weighted by atomic mass is 35.5. The number of aliphatic hydroxyl groups excluding tert-OH is 2. The summed E-state index contributed by atoms with van der Waals surface area (Å²) < 4.78 is 1.61. The van der Waals surface area contributed by atoms with Gasteiger partial charge in [-0.15, -0.1) is 0 Å². The van der Waals surface area contributed by atoms with Gasteiger partial charge in [0, 0.05) is 0 Å². The molecular formula is C10H10ClN5O2. The molecule has 18 heavy (non-hydrogen) atoms. The molecule has 0 bridgehead atoms. The Kier molecular flexibility index (Phi) is 2.47. The fourth-order valence-electron chi connectivity index (χ4n) is 2.04. The number of nitrogens with zero attached hydrogens (tertiary/aromatic N) is 4. The number of aliphatic hydroxyl groups is 2. The van der Waals surface area contributed by atoms with Crippen LogP contribution in [0.4, 0.5) is 5.82 Å². The van der Waals surface area contributed by atoms with Crippen LogP contribution in [0.1, 0.15) is 6.04 Å². The van der Waals surface area contributed by atoms with Crippen molar-refractivity contribution in [2.24, 2.45) is 0 Å². The summed E-state index contributed by atoms with van der Waals surface area (Å²) in [5, 5.41) is 19.4. The van der Waals surface area contributed by atoms with E-state index < -0.39 is 18.2 Å². The molecule has 2 aromatic rings. The third-order valence-corrected chi connectivity index (χ3v) is 3.12. The summed E-state index contributed by atoms with van der Waals surface area (Å²) in [5.74, 6) is 0.181. The van der Waals surface area contributed by atoms with Gasteiger partial charge in [0.1, 0.15) is 17.7 Å². The predicted octanol–water partition coefficient (Wildman–Crippen LogP) is -0.105. The van der Waals surface area contributed by atoms with Crippen molar-refractivity contribution in [2.75, 3.05) is 5.73 Å². The molecule has 94 valence electrons. The standard InChI is InChI=1S/C10H10ClN5O2/c11-10-14-8(12)6-9(15-10)16(3-13-6)4-1-2-5(17)7(4)18/h1-5,7,17-18H,(H2,12,14,15)/t4-,5-,7+/m1/s1. The molecule has 3 rings (SSSR count). The molecule has 8 heteroatoms. The summed E-state index contributed by atoms with van der Waals surface area (Å²) in [4.78, 5) is 11.9. The molecule has 3 atom stereocenters. The van der Waals surface area contributed by atoms with Crippen molar-refractivity contribution in [3.05, 3.63) is 23.8 Å². The molecule has 2 aromatic heterocycles. The Morgan fingerprint density at radius 1 is 1.28 bits per heavy atom. The summed E-state index contributed by atoms with van der Waals surface area (Å²) in [5.41, 5.74) is 6.53. The van der Waals surface area contributed by atoms with E-state index in [4.69, 9.17) is 17.3 Å². The number of aromatic nitrogens is 4. The Morgan fingerprint density at radius 2 is 2.06 bits per heavy atom. The van der Waals surface area contributed by atoms with Gasteiger partial charge in [-0.2, -0.15) is 9.97 Å². The number of anilines is 1. The monoisotopic (exact) mass is 267 g/mol. The fourth-order valence-corrected chi connectivity index (χ4v) is 2.21. The number of hydrogen-bond donors (Lipinski definition) is 3. The van der Waals surface area contributed by atoms with Crippen LogP contribution in [0.5, 0.6) is 0 Å². The van der Waals surface area contributed by atoms with E-state index in [-0.39, 0.29) is 11.1 Å². The van der Waals surface area contributed by atoms with E-state index in [1.54, 1.807) is 10.6 Å². The van der Waals surface area contributed by atoms with Crippen molar-refractivity contribution in [2.45, 2.75) is 18.2 Å². The molecule has 0 saturated heterocycles. The van der Waals surface area contributed by atoms with E-state index in [9.17, 15) is 10.2 Å². The van der Waals surface area contributed by atoms with Crippen molar-refractivity contribution < 1.29 is 10.2 Å². The summed E-state index contributed by atoms with van der Waals surface area (Å²) in [6.07, 6.45) is 2.85. The van der Waals surface area contributed by atoms with Gasteiger partial charge in [0.25, 0.3) is 0 Å². The minimum atomic E-state index is -0.947. The molecule has 7 nitrogen and oxygen atoms in total. The second-order valence-electron chi connectivity index (χ2n) is 4.06. The maximum atomic E-state index is 9.86. The zero-order chi connectivity index (χ0) is 12.9. The maximum absolute atomic E-state index is 9.86. The average molecular weight is 268 g/mol. The van der Waals surface area contributed by atoms with Crippen LogP contribution in [0, 0.1) is 0 Å². The highest BCUT2D eigenvalue weighted by molar-refractivity contribution is 6.28. The number of nitrogen functional groups attached to an aromatic ring is 1. The molecule has 2 heterocycles. The van der Waals surface area contributed by atoms with Gasteiger partial charge in [-0.1, -0.05) is 12.2 Å². The van der Waals surface area contributed by atoms with Gasteiger partial charge in [0.2, 0.25) is 5.28 Å². The van der Waals surface area contributed by atoms with E-state index in [0.29, 0.717) is 11.2 Å². The summed E-state index contributed by atoms with van der Waals surface area (Å²) in [6.45, 7) is 0. The first-order valence-electron chi connectivity index (χ1n) is 5.28.